The highest BCUT2D eigenvalue weighted by molar-refractivity contribution is 9.10. The number of rotatable bonds is 2. The Balaban J connectivity index is 1.98. The van der Waals surface area contributed by atoms with Crippen LogP contribution in [0.2, 0.25) is 0 Å². The van der Waals surface area contributed by atoms with Crippen LogP contribution in [-0.4, -0.2) is 23.0 Å². The molecule has 5 nitrogen and oxygen atoms in total. The van der Waals surface area contributed by atoms with Crippen molar-refractivity contribution in [3.63, 3.8) is 0 Å². The first-order valence-electron chi connectivity index (χ1n) is 4.03. The summed E-state index contributed by atoms with van der Waals surface area (Å²) in [6.07, 6.45) is 1.47. The summed E-state index contributed by atoms with van der Waals surface area (Å²) in [6, 6.07) is 3.52. The van der Waals surface area contributed by atoms with Gasteiger partial charge in [0.1, 0.15) is 5.76 Å². The maximum atomic E-state index is 10.8. The second-order valence-corrected chi connectivity index (χ2v) is 4.37. The van der Waals surface area contributed by atoms with Crippen molar-refractivity contribution in [2.24, 2.45) is 10.2 Å². The van der Waals surface area contributed by atoms with Crippen molar-refractivity contribution in [2.75, 3.05) is 5.75 Å². The number of amidine groups is 1. The predicted octanol–water partition coefficient (Wildman–Crippen LogP) is 1.59. The lowest BCUT2D eigenvalue weighted by Crippen LogP contribution is -2.19. The average Bonchev–Trinajstić information content (AvgIpc) is 2.76. The summed E-state index contributed by atoms with van der Waals surface area (Å²) in [5.74, 6) is 0.955. The molecule has 0 aromatic carbocycles. The summed E-state index contributed by atoms with van der Waals surface area (Å²) < 4.78 is 5.81. The molecular weight excluding hydrogens is 282 g/mol. The molecule has 0 unspecified atom stereocenters. The monoisotopic (exact) mass is 287 g/mol. The Morgan fingerprint density at radius 3 is 3.07 bits per heavy atom. The largest absolute Gasteiger partial charge is 0.448 e. The number of nitrogens with zero attached hydrogens (tertiary/aromatic N) is 2. The van der Waals surface area contributed by atoms with E-state index >= 15 is 0 Å². The number of nitrogens with one attached hydrogen (secondary N) is 1. The molecule has 0 spiro atoms. The van der Waals surface area contributed by atoms with Crippen LogP contribution in [0.3, 0.4) is 0 Å². The number of hydrogen-bond donors (Lipinski definition) is 1. The Kier molecular flexibility index (Phi) is 3.22. The fraction of sp³-hybridized carbons (Fsp3) is 0.125. The van der Waals surface area contributed by atoms with Gasteiger partial charge in [-0.15, -0.1) is 5.10 Å². The van der Waals surface area contributed by atoms with Crippen molar-refractivity contribution in [1.29, 1.82) is 0 Å². The second-order valence-electron chi connectivity index (χ2n) is 2.63. The molecule has 1 saturated heterocycles. The Hall–Kier alpha value is -1.08. The zero-order chi connectivity index (χ0) is 10.7. The SMILES string of the molecule is O=C1CS/C(=N/N=Cc2ccc(Br)o2)N1. The Morgan fingerprint density at radius 2 is 2.47 bits per heavy atom. The molecule has 78 valence electrons. The van der Waals surface area contributed by atoms with Crippen LogP contribution in [0.25, 0.3) is 0 Å². The first-order valence-corrected chi connectivity index (χ1v) is 5.81. The molecule has 1 aliphatic rings. The van der Waals surface area contributed by atoms with Gasteiger partial charge in [-0.05, 0) is 28.1 Å². The lowest BCUT2D eigenvalue weighted by atomic mass is 10.5. The third-order valence-corrected chi connectivity index (χ3v) is 2.80. The maximum absolute atomic E-state index is 10.8. The van der Waals surface area contributed by atoms with Gasteiger partial charge in [-0.3, -0.25) is 4.79 Å². The first-order chi connectivity index (χ1) is 7.24. The smallest absolute Gasteiger partial charge is 0.236 e. The van der Waals surface area contributed by atoms with Gasteiger partial charge < -0.3 is 9.73 Å². The molecule has 0 aliphatic carbocycles. The predicted molar refractivity (Wildman–Crippen MR) is 62.0 cm³/mol. The van der Waals surface area contributed by atoms with E-state index in [-0.39, 0.29) is 5.91 Å². The number of hydrogen-bond acceptors (Lipinski definition) is 5. The number of amides is 1. The van der Waals surface area contributed by atoms with Crippen LogP contribution < -0.4 is 5.32 Å². The highest BCUT2D eigenvalue weighted by Crippen LogP contribution is 2.12. The van der Waals surface area contributed by atoms with E-state index in [0.29, 0.717) is 21.4 Å². The molecule has 1 aliphatic heterocycles. The molecule has 0 atom stereocenters. The molecule has 1 N–H and O–H groups in total. The van der Waals surface area contributed by atoms with E-state index in [0.717, 1.165) is 0 Å². The fourth-order valence-corrected chi connectivity index (χ4v) is 1.87. The van der Waals surface area contributed by atoms with E-state index in [9.17, 15) is 4.79 Å². The summed E-state index contributed by atoms with van der Waals surface area (Å²) in [6.45, 7) is 0. The van der Waals surface area contributed by atoms with Crippen LogP contribution in [-0.2, 0) is 4.79 Å². The van der Waals surface area contributed by atoms with Gasteiger partial charge in [0.25, 0.3) is 0 Å². The third-order valence-electron chi connectivity index (χ3n) is 1.51. The second kappa shape index (κ2) is 4.63. The Labute approximate surface area is 98.1 Å². The quantitative estimate of drug-likeness (QED) is 0.664. The zero-order valence-corrected chi connectivity index (χ0v) is 9.84. The molecule has 1 aromatic heterocycles. The highest BCUT2D eigenvalue weighted by Gasteiger charge is 2.15. The molecule has 1 aromatic rings. The average molecular weight is 288 g/mol. The Bertz CT molecular complexity index is 441. The molecule has 1 fully saturated rings. The topological polar surface area (TPSA) is 67.0 Å². The highest BCUT2D eigenvalue weighted by atomic mass is 79.9. The summed E-state index contributed by atoms with van der Waals surface area (Å²) >= 11 is 4.50. The van der Waals surface area contributed by atoms with E-state index in [1.54, 1.807) is 12.1 Å². The Morgan fingerprint density at radius 1 is 1.60 bits per heavy atom. The molecule has 0 bridgehead atoms. The van der Waals surface area contributed by atoms with Crippen LogP contribution >= 0.6 is 27.7 Å². The van der Waals surface area contributed by atoms with Gasteiger partial charge in [-0.1, -0.05) is 11.8 Å². The van der Waals surface area contributed by atoms with Crippen molar-refractivity contribution in [3.05, 3.63) is 22.6 Å². The molecule has 15 heavy (non-hydrogen) atoms. The van der Waals surface area contributed by atoms with Crippen LogP contribution in [0.5, 0.6) is 0 Å². The summed E-state index contributed by atoms with van der Waals surface area (Å²) in [7, 11) is 0. The van der Waals surface area contributed by atoms with Gasteiger partial charge in [-0.25, -0.2) is 0 Å². The molecule has 0 radical (unpaired) electrons. The number of furan rings is 1. The van der Waals surface area contributed by atoms with Gasteiger partial charge in [-0.2, -0.15) is 5.10 Å². The molecular formula is C8H6BrN3O2S. The van der Waals surface area contributed by atoms with E-state index in [1.165, 1.54) is 18.0 Å². The summed E-state index contributed by atoms with van der Waals surface area (Å²) in [5, 5.41) is 10.7. The number of halogens is 1. The number of carbonyl (C=O) groups is 1. The number of carbonyl (C=O) groups excluding carboxylic acids is 1. The van der Waals surface area contributed by atoms with Crippen LogP contribution in [0.4, 0.5) is 0 Å². The van der Waals surface area contributed by atoms with Gasteiger partial charge in [0, 0.05) is 0 Å². The van der Waals surface area contributed by atoms with Crippen LogP contribution in [0.1, 0.15) is 5.76 Å². The minimum Gasteiger partial charge on any atom is -0.448 e. The minimum atomic E-state index is -0.0466. The number of thioether (sulfide) groups is 1. The van der Waals surface area contributed by atoms with Gasteiger partial charge >= 0.3 is 0 Å². The van der Waals surface area contributed by atoms with Crippen molar-refractivity contribution in [3.8, 4) is 0 Å². The molecule has 2 heterocycles. The molecule has 1 amide bonds. The maximum Gasteiger partial charge on any atom is 0.236 e. The van der Waals surface area contributed by atoms with Crippen molar-refractivity contribution < 1.29 is 9.21 Å². The summed E-state index contributed by atoms with van der Waals surface area (Å²) in [5.41, 5.74) is 0. The van der Waals surface area contributed by atoms with Crippen molar-refractivity contribution in [2.45, 2.75) is 0 Å². The zero-order valence-electron chi connectivity index (χ0n) is 7.44. The molecule has 0 saturated carbocycles. The van der Waals surface area contributed by atoms with Crippen LogP contribution in [0, 0.1) is 0 Å². The van der Waals surface area contributed by atoms with Crippen molar-refractivity contribution >= 4 is 45.0 Å². The normalized spacial score (nSPS) is 19.0. The van der Waals surface area contributed by atoms with E-state index in [2.05, 4.69) is 31.4 Å². The molecule has 7 heteroatoms. The minimum absolute atomic E-state index is 0.0466. The van der Waals surface area contributed by atoms with E-state index in [1.807, 2.05) is 0 Å². The third kappa shape index (κ3) is 2.93. The first kappa shape index (κ1) is 10.4. The molecule has 2 rings (SSSR count). The van der Waals surface area contributed by atoms with Gasteiger partial charge in [0.15, 0.2) is 9.84 Å². The van der Waals surface area contributed by atoms with Gasteiger partial charge in [0.05, 0.1) is 12.0 Å². The van der Waals surface area contributed by atoms with E-state index in [4.69, 9.17) is 4.42 Å². The lowest BCUT2D eigenvalue weighted by molar-refractivity contribution is -0.116. The summed E-state index contributed by atoms with van der Waals surface area (Å²) in [4.78, 5) is 10.8. The van der Waals surface area contributed by atoms with Crippen LogP contribution in [0.15, 0.2) is 31.4 Å². The van der Waals surface area contributed by atoms with Gasteiger partial charge in [0.2, 0.25) is 5.91 Å². The van der Waals surface area contributed by atoms with Crippen molar-refractivity contribution in [1.82, 2.24) is 5.32 Å². The van der Waals surface area contributed by atoms with E-state index < -0.39 is 0 Å². The lowest BCUT2D eigenvalue weighted by Gasteiger charge is -1.88. The fourth-order valence-electron chi connectivity index (χ4n) is 0.915. The standard InChI is InChI=1S/C8H6BrN3O2S/c9-6-2-1-5(14-6)3-10-12-8-11-7(13)4-15-8/h1-3H,4H2,(H,11,12,13).